The van der Waals surface area contributed by atoms with E-state index in [1.165, 1.54) is 24.1 Å². The summed E-state index contributed by atoms with van der Waals surface area (Å²) in [5.74, 6) is 0.351. The molecule has 1 atom stereocenters. The van der Waals surface area contributed by atoms with Crippen LogP contribution in [0.5, 0.6) is 0 Å². The van der Waals surface area contributed by atoms with Gasteiger partial charge in [-0.2, -0.15) is 5.10 Å². The lowest BCUT2D eigenvalue weighted by Crippen LogP contribution is -2.39. The van der Waals surface area contributed by atoms with Gasteiger partial charge in [0.2, 0.25) is 0 Å². The van der Waals surface area contributed by atoms with E-state index in [4.69, 9.17) is 5.11 Å². The second-order valence-electron chi connectivity index (χ2n) is 7.35. The van der Waals surface area contributed by atoms with E-state index in [1.54, 1.807) is 10.9 Å². The predicted molar refractivity (Wildman–Crippen MR) is 98.1 cm³/mol. The molecule has 1 fully saturated rings. The van der Waals surface area contributed by atoms with E-state index in [2.05, 4.69) is 16.1 Å². The van der Waals surface area contributed by atoms with Gasteiger partial charge >= 0.3 is 0 Å². The van der Waals surface area contributed by atoms with Crippen molar-refractivity contribution in [2.75, 3.05) is 19.7 Å². The van der Waals surface area contributed by atoms with Crippen molar-refractivity contribution in [1.82, 2.24) is 19.7 Å². The summed E-state index contributed by atoms with van der Waals surface area (Å²) in [5.41, 5.74) is 4.15. The van der Waals surface area contributed by atoms with Crippen molar-refractivity contribution < 1.29 is 9.90 Å². The highest BCUT2D eigenvalue weighted by atomic mass is 16.3. The van der Waals surface area contributed by atoms with Crippen molar-refractivity contribution in [2.45, 2.75) is 51.0 Å². The molecule has 0 unspecified atom stereocenters. The van der Waals surface area contributed by atoms with Gasteiger partial charge in [0, 0.05) is 37.1 Å². The molecule has 0 bridgehead atoms. The maximum Gasteiger partial charge on any atom is 0.255 e. The fourth-order valence-corrected chi connectivity index (χ4v) is 4.11. The van der Waals surface area contributed by atoms with Crippen molar-refractivity contribution >= 4 is 5.91 Å². The Labute approximate surface area is 153 Å². The van der Waals surface area contributed by atoms with Crippen LogP contribution in [0.1, 0.15) is 58.9 Å². The van der Waals surface area contributed by atoms with Crippen LogP contribution in [0.4, 0.5) is 0 Å². The molecule has 1 aliphatic carbocycles. The van der Waals surface area contributed by atoms with Gasteiger partial charge in [-0.05, 0) is 56.2 Å². The first-order valence-corrected chi connectivity index (χ1v) is 9.66. The number of aliphatic hydroxyl groups is 1. The zero-order valence-corrected chi connectivity index (χ0v) is 15.1. The Kier molecular flexibility index (Phi) is 5.02. The summed E-state index contributed by atoms with van der Waals surface area (Å²) in [6.45, 7) is 2.09. The number of aryl methyl sites for hydroxylation is 2. The first-order valence-electron chi connectivity index (χ1n) is 9.66. The largest absolute Gasteiger partial charge is 0.394 e. The third-order valence-electron chi connectivity index (χ3n) is 5.53. The molecule has 2 aromatic rings. The number of aliphatic hydroxyl groups excluding tert-OH is 1. The molecule has 0 radical (unpaired) electrons. The topological polar surface area (TPSA) is 71.2 Å². The van der Waals surface area contributed by atoms with Gasteiger partial charge in [0.05, 0.1) is 24.4 Å². The Bertz CT molecular complexity index is 786. The SMILES string of the molecule is O=C(c1cnc2c(c1)CCCC2)N1CCC[C@@H](c2ccn(CCO)n2)C1. The van der Waals surface area contributed by atoms with Gasteiger partial charge < -0.3 is 10.0 Å². The van der Waals surface area contributed by atoms with Crippen molar-refractivity contribution in [3.63, 3.8) is 0 Å². The first-order chi connectivity index (χ1) is 12.7. The summed E-state index contributed by atoms with van der Waals surface area (Å²) in [6, 6.07) is 4.07. The summed E-state index contributed by atoms with van der Waals surface area (Å²) in [7, 11) is 0. The standard InChI is InChI=1S/C20H26N4O2/c25-11-10-24-9-7-19(22-24)16-5-3-8-23(14-16)20(26)17-12-15-4-1-2-6-18(15)21-13-17/h7,9,12-13,16,25H,1-6,8,10-11,14H2/t16-/m1/s1. The van der Waals surface area contributed by atoms with E-state index in [0.717, 1.165) is 43.5 Å². The van der Waals surface area contributed by atoms with E-state index in [0.29, 0.717) is 13.1 Å². The van der Waals surface area contributed by atoms with Gasteiger partial charge in [0.25, 0.3) is 5.91 Å². The second-order valence-corrected chi connectivity index (χ2v) is 7.35. The molecule has 2 aliphatic rings. The van der Waals surface area contributed by atoms with Crippen LogP contribution in [-0.2, 0) is 19.4 Å². The minimum atomic E-state index is 0.0850. The molecule has 1 aliphatic heterocycles. The number of hydrogen-bond donors (Lipinski definition) is 1. The Balaban J connectivity index is 1.47. The number of hydrogen-bond acceptors (Lipinski definition) is 4. The Morgan fingerprint density at radius 1 is 1.27 bits per heavy atom. The number of pyridine rings is 1. The van der Waals surface area contributed by atoms with Crippen molar-refractivity contribution in [1.29, 1.82) is 0 Å². The third-order valence-corrected chi connectivity index (χ3v) is 5.53. The summed E-state index contributed by atoms with van der Waals surface area (Å²) in [6.07, 6.45) is 10.1. The van der Waals surface area contributed by atoms with Crippen LogP contribution < -0.4 is 0 Å². The van der Waals surface area contributed by atoms with Crippen LogP contribution in [0.25, 0.3) is 0 Å². The minimum absolute atomic E-state index is 0.0850. The Hall–Kier alpha value is -2.21. The number of amides is 1. The number of piperidine rings is 1. The molecule has 1 saturated heterocycles. The normalized spacial score (nSPS) is 20.0. The van der Waals surface area contributed by atoms with E-state index < -0.39 is 0 Å². The fraction of sp³-hybridized carbons (Fsp3) is 0.550. The molecular formula is C20H26N4O2. The highest BCUT2D eigenvalue weighted by molar-refractivity contribution is 5.94. The molecule has 1 amide bonds. The highest BCUT2D eigenvalue weighted by Gasteiger charge is 2.27. The average Bonchev–Trinajstić information content (AvgIpc) is 3.16. The van der Waals surface area contributed by atoms with Crippen LogP contribution in [-0.4, -0.2) is 50.4 Å². The van der Waals surface area contributed by atoms with Gasteiger partial charge in [-0.3, -0.25) is 14.5 Å². The summed E-state index contributed by atoms with van der Waals surface area (Å²) < 4.78 is 1.77. The van der Waals surface area contributed by atoms with Gasteiger partial charge in [-0.1, -0.05) is 0 Å². The summed E-state index contributed by atoms with van der Waals surface area (Å²) in [4.78, 5) is 19.5. The maximum absolute atomic E-state index is 13.0. The molecule has 0 spiro atoms. The van der Waals surface area contributed by atoms with Crippen LogP contribution in [0.2, 0.25) is 0 Å². The van der Waals surface area contributed by atoms with E-state index in [-0.39, 0.29) is 18.4 Å². The number of rotatable bonds is 4. The average molecular weight is 354 g/mol. The molecule has 4 rings (SSSR count). The fourth-order valence-electron chi connectivity index (χ4n) is 4.11. The van der Waals surface area contributed by atoms with Crippen LogP contribution in [0, 0.1) is 0 Å². The molecule has 2 aromatic heterocycles. The molecule has 0 saturated carbocycles. The lowest BCUT2D eigenvalue weighted by atomic mass is 9.93. The molecule has 6 nitrogen and oxygen atoms in total. The van der Waals surface area contributed by atoms with E-state index >= 15 is 0 Å². The molecule has 3 heterocycles. The lowest BCUT2D eigenvalue weighted by molar-refractivity contribution is 0.0705. The van der Waals surface area contributed by atoms with E-state index in [1.807, 2.05) is 17.2 Å². The first kappa shape index (κ1) is 17.2. The maximum atomic E-state index is 13.0. The monoisotopic (exact) mass is 354 g/mol. The number of likely N-dealkylation sites (tertiary alicyclic amines) is 1. The molecule has 1 N–H and O–H groups in total. The van der Waals surface area contributed by atoms with Crippen LogP contribution >= 0.6 is 0 Å². The molecule has 138 valence electrons. The summed E-state index contributed by atoms with van der Waals surface area (Å²) >= 11 is 0. The Morgan fingerprint density at radius 3 is 3.04 bits per heavy atom. The van der Waals surface area contributed by atoms with Crippen LogP contribution in [0.15, 0.2) is 24.5 Å². The number of fused-ring (bicyclic) bond motifs is 1. The number of carbonyl (C=O) groups is 1. The highest BCUT2D eigenvalue weighted by Crippen LogP contribution is 2.27. The van der Waals surface area contributed by atoms with Crippen molar-refractivity contribution in [2.24, 2.45) is 0 Å². The zero-order valence-electron chi connectivity index (χ0n) is 15.1. The van der Waals surface area contributed by atoms with Gasteiger partial charge in [0.15, 0.2) is 0 Å². The van der Waals surface area contributed by atoms with E-state index in [9.17, 15) is 4.79 Å². The summed E-state index contributed by atoms with van der Waals surface area (Å²) in [5, 5.41) is 13.6. The zero-order chi connectivity index (χ0) is 17.9. The molecular weight excluding hydrogens is 328 g/mol. The van der Waals surface area contributed by atoms with Gasteiger partial charge in [-0.25, -0.2) is 0 Å². The van der Waals surface area contributed by atoms with Crippen molar-refractivity contribution in [3.8, 4) is 0 Å². The smallest absolute Gasteiger partial charge is 0.255 e. The minimum Gasteiger partial charge on any atom is -0.394 e. The quantitative estimate of drug-likeness (QED) is 0.913. The number of carbonyl (C=O) groups excluding carboxylic acids is 1. The Morgan fingerprint density at radius 2 is 2.15 bits per heavy atom. The number of aromatic nitrogens is 3. The molecule has 6 heteroatoms. The van der Waals surface area contributed by atoms with Crippen LogP contribution in [0.3, 0.4) is 0 Å². The lowest BCUT2D eigenvalue weighted by Gasteiger charge is -2.32. The third kappa shape index (κ3) is 3.51. The van der Waals surface area contributed by atoms with Crippen molar-refractivity contribution in [3.05, 3.63) is 47.0 Å². The molecule has 26 heavy (non-hydrogen) atoms. The number of nitrogens with zero attached hydrogens (tertiary/aromatic N) is 4. The predicted octanol–water partition coefficient (Wildman–Crippen LogP) is 2.17. The molecule has 0 aromatic carbocycles. The van der Waals surface area contributed by atoms with Gasteiger partial charge in [-0.15, -0.1) is 0 Å². The second kappa shape index (κ2) is 7.58. The van der Waals surface area contributed by atoms with Gasteiger partial charge in [0.1, 0.15) is 0 Å².